The lowest BCUT2D eigenvalue weighted by Crippen LogP contribution is -2.55. The Bertz CT molecular complexity index is 1420. The molecule has 2 aromatic rings. The van der Waals surface area contributed by atoms with Gasteiger partial charge in [0, 0.05) is 49.8 Å². The van der Waals surface area contributed by atoms with Crippen LogP contribution in [-0.4, -0.2) is 77.6 Å². The summed E-state index contributed by atoms with van der Waals surface area (Å²) < 4.78 is 6.44. The zero-order valence-corrected chi connectivity index (χ0v) is 26.2. The molecular formula is C33H45N7O3. The van der Waals surface area contributed by atoms with Gasteiger partial charge in [-0.3, -0.25) is 9.59 Å². The molecule has 2 amide bonds. The standard InChI is InChI=1S/C33H45N7O3/c1-6-26-31(42)39(5)27-16-34-32(37-29(27)40(26)22-9-7-8-10-22)36-25-12-11-23(24-15-33(2,3)43-28(24)25)30(41)35-21-13-19-17-38(4)18-20(19)14-21/h11-12,16,19-22,26H,6-10,13-15,17-18H2,1-5H3,(H,35,41)(H,34,36,37)/t19-,20+,21+,26-/m1/s1. The Labute approximate surface area is 254 Å². The van der Waals surface area contributed by atoms with Crippen LogP contribution < -0.4 is 25.2 Å². The summed E-state index contributed by atoms with van der Waals surface area (Å²) in [5, 5.41) is 6.77. The molecule has 1 aromatic carbocycles. The van der Waals surface area contributed by atoms with Crippen molar-refractivity contribution in [1.82, 2.24) is 20.2 Å². The molecule has 0 bridgehead atoms. The van der Waals surface area contributed by atoms with Crippen molar-refractivity contribution in [3.05, 3.63) is 29.5 Å². The van der Waals surface area contributed by atoms with Crippen LogP contribution in [0.15, 0.2) is 18.3 Å². The molecule has 2 saturated carbocycles. The smallest absolute Gasteiger partial charge is 0.251 e. The number of fused-ring (bicyclic) bond motifs is 3. The summed E-state index contributed by atoms with van der Waals surface area (Å²) in [5.41, 5.74) is 2.66. The Morgan fingerprint density at radius 1 is 1.12 bits per heavy atom. The van der Waals surface area contributed by atoms with Crippen molar-refractivity contribution in [1.29, 1.82) is 0 Å². The molecular weight excluding hydrogens is 542 g/mol. The van der Waals surface area contributed by atoms with Gasteiger partial charge in [0.25, 0.3) is 5.91 Å². The molecule has 0 unspecified atom stereocenters. The Hall–Kier alpha value is -3.40. The summed E-state index contributed by atoms with van der Waals surface area (Å²) >= 11 is 0. The lowest BCUT2D eigenvalue weighted by atomic mass is 9.96. The molecule has 5 aliphatic rings. The Morgan fingerprint density at radius 3 is 2.53 bits per heavy atom. The van der Waals surface area contributed by atoms with Gasteiger partial charge in [-0.15, -0.1) is 0 Å². The molecule has 0 spiro atoms. The van der Waals surface area contributed by atoms with Crippen LogP contribution in [0.4, 0.5) is 23.1 Å². The fraction of sp³-hybridized carbons (Fsp3) is 0.636. The third-order valence-corrected chi connectivity index (χ3v) is 10.4. The summed E-state index contributed by atoms with van der Waals surface area (Å²) in [4.78, 5) is 42.9. The van der Waals surface area contributed by atoms with E-state index in [-0.39, 0.29) is 23.9 Å². The van der Waals surface area contributed by atoms with Crippen LogP contribution in [0.1, 0.15) is 81.6 Å². The molecule has 1 saturated heterocycles. The van der Waals surface area contributed by atoms with Crippen LogP contribution >= 0.6 is 0 Å². The summed E-state index contributed by atoms with van der Waals surface area (Å²) in [6.45, 7) is 8.44. The topological polar surface area (TPSA) is 103 Å². The van der Waals surface area contributed by atoms with Crippen LogP contribution in [0.25, 0.3) is 0 Å². The van der Waals surface area contributed by atoms with E-state index in [0.29, 0.717) is 41.6 Å². The molecule has 1 aromatic heterocycles. The maximum Gasteiger partial charge on any atom is 0.251 e. The molecule has 10 heteroatoms. The van der Waals surface area contributed by atoms with E-state index in [1.165, 1.54) is 12.8 Å². The van der Waals surface area contributed by atoms with Crippen molar-refractivity contribution in [3.8, 4) is 5.75 Å². The molecule has 2 aliphatic carbocycles. The fourth-order valence-corrected chi connectivity index (χ4v) is 8.45. The number of benzene rings is 1. The van der Waals surface area contributed by atoms with Gasteiger partial charge in [-0.1, -0.05) is 19.8 Å². The first kappa shape index (κ1) is 28.4. The van der Waals surface area contributed by atoms with Crippen molar-refractivity contribution >= 4 is 35.0 Å². The van der Waals surface area contributed by atoms with E-state index in [9.17, 15) is 9.59 Å². The number of anilines is 4. The number of likely N-dealkylation sites (tertiary alicyclic amines) is 1. The lowest BCUT2D eigenvalue weighted by Gasteiger charge is -2.43. The Balaban J connectivity index is 1.16. The van der Waals surface area contributed by atoms with Crippen LogP contribution in [-0.2, 0) is 11.2 Å². The second-order valence-electron chi connectivity index (χ2n) is 14.1. The molecule has 10 nitrogen and oxygen atoms in total. The maximum atomic E-state index is 13.6. The monoisotopic (exact) mass is 587 g/mol. The van der Waals surface area contributed by atoms with Gasteiger partial charge in [0.2, 0.25) is 11.9 Å². The number of carbonyl (C=O) groups excluding carboxylic acids is 2. The van der Waals surface area contributed by atoms with Gasteiger partial charge in [0.1, 0.15) is 23.1 Å². The van der Waals surface area contributed by atoms with Crippen molar-refractivity contribution in [2.45, 2.75) is 95.9 Å². The van der Waals surface area contributed by atoms with Crippen molar-refractivity contribution < 1.29 is 14.3 Å². The molecule has 7 rings (SSSR count). The van der Waals surface area contributed by atoms with E-state index in [2.05, 4.69) is 53.2 Å². The van der Waals surface area contributed by atoms with Crippen LogP contribution in [0.3, 0.4) is 0 Å². The number of nitrogens with zero attached hydrogens (tertiary/aromatic N) is 5. The highest BCUT2D eigenvalue weighted by Gasteiger charge is 2.43. The molecule has 4 atom stereocenters. The number of hydrogen-bond acceptors (Lipinski definition) is 8. The van der Waals surface area contributed by atoms with E-state index in [0.717, 1.165) is 67.9 Å². The first-order valence-electron chi connectivity index (χ1n) is 16.2. The first-order chi connectivity index (χ1) is 20.6. The van der Waals surface area contributed by atoms with Crippen LogP contribution in [0.2, 0.25) is 0 Å². The van der Waals surface area contributed by atoms with Crippen molar-refractivity contribution in [2.75, 3.05) is 42.3 Å². The average molecular weight is 588 g/mol. The van der Waals surface area contributed by atoms with Crippen LogP contribution in [0, 0.1) is 11.8 Å². The Morgan fingerprint density at radius 2 is 1.84 bits per heavy atom. The minimum atomic E-state index is -0.433. The number of nitrogens with one attached hydrogen (secondary N) is 2. The van der Waals surface area contributed by atoms with Gasteiger partial charge >= 0.3 is 0 Å². The average Bonchev–Trinajstić information content (AvgIpc) is 3.74. The predicted octanol–water partition coefficient (Wildman–Crippen LogP) is 4.51. The van der Waals surface area contributed by atoms with Gasteiger partial charge in [0.15, 0.2) is 5.82 Å². The molecule has 3 fully saturated rings. The van der Waals surface area contributed by atoms with Crippen molar-refractivity contribution in [2.24, 2.45) is 11.8 Å². The minimum absolute atomic E-state index is 0.0158. The highest BCUT2D eigenvalue weighted by molar-refractivity contribution is 6.04. The lowest BCUT2D eigenvalue weighted by molar-refractivity contribution is -0.120. The number of aromatic nitrogens is 2. The van der Waals surface area contributed by atoms with Gasteiger partial charge < -0.3 is 30.1 Å². The second-order valence-corrected chi connectivity index (χ2v) is 14.1. The highest BCUT2D eigenvalue weighted by atomic mass is 16.5. The quantitative estimate of drug-likeness (QED) is 0.509. The molecule has 43 heavy (non-hydrogen) atoms. The summed E-state index contributed by atoms with van der Waals surface area (Å²) in [7, 11) is 4.00. The van der Waals surface area contributed by atoms with Crippen LogP contribution in [0.5, 0.6) is 5.75 Å². The van der Waals surface area contributed by atoms with Gasteiger partial charge in [0.05, 0.1) is 11.9 Å². The number of rotatable bonds is 6. The Kier molecular flexibility index (Phi) is 7.02. The van der Waals surface area contributed by atoms with Gasteiger partial charge in [-0.2, -0.15) is 4.98 Å². The summed E-state index contributed by atoms with van der Waals surface area (Å²) in [6, 6.07) is 4.12. The van der Waals surface area contributed by atoms with E-state index in [1.807, 2.05) is 19.2 Å². The third kappa shape index (κ3) is 5.01. The number of carbonyl (C=O) groups is 2. The second kappa shape index (κ2) is 10.6. The minimum Gasteiger partial charge on any atom is -0.485 e. The molecule has 3 aliphatic heterocycles. The van der Waals surface area contributed by atoms with E-state index in [4.69, 9.17) is 9.72 Å². The first-order valence-corrected chi connectivity index (χ1v) is 16.2. The fourth-order valence-electron chi connectivity index (χ4n) is 8.45. The number of hydrogen-bond donors (Lipinski definition) is 2. The summed E-state index contributed by atoms with van der Waals surface area (Å²) in [6.07, 6.45) is 9.71. The highest BCUT2D eigenvalue weighted by Crippen LogP contribution is 2.45. The zero-order chi connectivity index (χ0) is 30.0. The van der Waals surface area contributed by atoms with E-state index in [1.54, 1.807) is 11.1 Å². The number of likely N-dealkylation sites (N-methyl/N-ethyl adjacent to an activating group) is 1. The largest absolute Gasteiger partial charge is 0.485 e. The van der Waals surface area contributed by atoms with Gasteiger partial charge in [-0.05, 0) is 77.0 Å². The zero-order valence-electron chi connectivity index (χ0n) is 26.2. The van der Waals surface area contributed by atoms with E-state index >= 15 is 0 Å². The van der Waals surface area contributed by atoms with Crippen molar-refractivity contribution in [3.63, 3.8) is 0 Å². The molecule has 230 valence electrons. The molecule has 4 heterocycles. The number of ether oxygens (including phenoxy) is 1. The SMILES string of the molecule is CC[C@@H]1C(=O)N(C)c2cnc(Nc3ccc(C(=O)N[C@H]4C[C@@H]5CN(C)C[C@@H]5C4)c4c3OC(C)(C)C4)nc2N1C1CCCC1. The number of amides is 2. The van der Waals surface area contributed by atoms with Gasteiger partial charge in [-0.25, -0.2) is 4.98 Å². The predicted molar refractivity (Wildman–Crippen MR) is 167 cm³/mol. The third-order valence-electron chi connectivity index (χ3n) is 10.4. The van der Waals surface area contributed by atoms with E-state index < -0.39 is 5.60 Å². The maximum absolute atomic E-state index is 13.6. The normalized spacial score (nSPS) is 28.1. The molecule has 0 radical (unpaired) electrons. The molecule has 2 N–H and O–H groups in total. The summed E-state index contributed by atoms with van der Waals surface area (Å²) in [5.74, 6) is 3.40.